The minimum atomic E-state index is -2.77. The van der Waals surface area contributed by atoms with Gasteiger partial charge in [0.15, 0.2) is 0 Å². The maximum atomic E-state index is 13.2. The number of nitrogens with zero attached hydrogens (tertiary/aromatic N) is 5. The van der Waals surface area contributed by atoms with Gasteiger partial charge in [0.05, 0.1) is 11.9 Å². The third-order valence-corrected chi connectivity index (χ3v) is 3.04. The van der Waals surface area contributed by atoms with Crippen LogP contribution in [0.2, 0.25) is 0 Å². The fourth-order valence-corrected chi connectivity index (χ4v) is 2.03. The molecule has 23 heavy (non-hydrogen) atoms. The van der Waals surface area contributed by atoms with E-state index in [2.05, 4.69) is 20.6 Å². The molecular formula is C12H10F2N6O3. The molecule has 0 fully saturated rings. The number of hydrogen-bond donors (Lipinski definition) is 2. The molecule has 0 spiro atoms. The van der Waals surface area contributed by atoms with Crippen LogP contribution < -0.4 is 10.4 Å². The van der Waals surface area contributed by atoms with Crippen LogP contribution in [0, 0.1) is 0 Å². The highest BCUT2D eigenvalue weighted by atomic mass is 19.3. The van der Waals surface area contributed by atoms with Gasteiger partial charge in [-0.1, -0.05) is 17.2 Å². The maximum Gasteiger partial charge on any atom is 0.365 e. The first kappa shape index (κ1) is 14.7. The lowest BCUT2D eigenvalue weighted by molar-refractivity contribution is 0.138. The molecule has 2 heterocycles. The third-order valence-electron chi connectivity index (χ3n) is 3.04. The fraction of sp³-hybridized carbons (Fsp3) is 0.167. The van der Waals surface area contributed by atoms with Crippen LogP contribution in [-0.2, 0) is 6.61 Å². The Bertz CT molecular complexity index is 872. The summed E-state index contributed by atoms with van der Waals surface area (Å²) in [4.78, 5) is 12.2. The third kappa shape index (κ3) is 2.88. The Morgan fingerprint density at radius 2 is 2.17 bits per heavy atom. The number of alkyl halides is 2. The Balaban J connectivity index is 2.01. The predicted molar refractivity (Wildman–Crippen MR) is 70.7 cm³/mol. The van der Waals surface area contributed by atoms with Gasteiger partial charge in [-0.15, -0.1) is 4.85 Å². The molecular weight excluding hydrogens is 314 g/mol. The fourth-order valence-electron chi connectivity index (χ4n) is 2.03. The topological polar surface area (TPSA) is 111 Å². The molecule has 2 aromatic heterocycles. The van der Waals surface area contributed by atoms with Crippen molar-refractivity contribution in [2.24, 2.45) is 0 Å². The highest BCUT2D eigenvalue weighted by Gasteiger charge is 2.19. The zero-order valence-corrected chi connectivity index (χ0v) is 11.4. The molecule has 0 bridgehead atoms. The number of rotatable bonds is 5. The molecule has 0 atom stereocenters. The summed E-state index contributed by atoms with van der Waals surface area (Å²) in [5.41, 5.74) is -0.797. The number of aromatic amines is 1. The second-order valence-electron chi connectivity index (χ2n) is 4.43. The normalized spacial score (nSPS) is 11.1. The van der Waals surface area contributed by atoms with Crippen LogP contribution in [-0.4, -0.2) is 35.4 Å². The van der Waals surface area contributed by atoms with Gasteiger partial charge < -0.3 is 9.94 Å². The molecule has 0 aliphatic heterocycles. The molecule has 1 aromatic carbocycles. The second-order valence-corrected chi connectivity index (χ2v) is 4.43. The summed E-state index contributed by atoms with van der Waals surface area (Å²) in [6.45, 7) is -0.299. The minimum absolute atomic E-state index is 0.0371. The number of ether oxygens (including phenoxy) is 1. The van der Waals surface area contributed by atoms with Crippen molar-refractivity contribution >= 4 is 0 Å². The molecule has 0 amide bonds. The van der Waals surface area contributed by atoms with Crippen LogP contribution in [0.15, 0.2) is 35.3 Å². The number of halogens is 2. The van der Waals surface area contributed by atoms with Gasteiger partial charge in [-0.2, -0.15) is 4.68 Å². The monoisotopic (exact) mass is 324 g/mol. The van der Waals surface area contributed by atoms with Crippen LogP contribution in [0.1, 0.15) is 17.6 Å². The van der Waals surface area contributed by atoms with Gasteiger partial charge in [-0.25, -0.2) is 18.7 Å². The SMILES string of the molecule is O=c1[nH]nnn1-c1cccc(C(F)F)c1COc1ccn(O)n1. The zero-order valence-electron chi connectivity index (χ0n) is 11.4. The lowest BCUT2D eigenvalue weighted by Crippen LogP contribution is -2.19. The second kappa shape index (κ2) is 5.87. The Morgan fingerprint density at radius 1 is 1.35 bits per heavy atom. The van der Waals surface area contributed by atoms with E-state index in [1.807, 2.05) is 0 Å². The van der Waals surface area contributed by atoms with E-state index in [0.717, 1.165) is 4.68 Å². The Labute approximate surface area is 126 Å². The number of nitrogens with one attached hydrogen (secondary N) is 1. The summed E-state index contributed by atoms with van der Waals surface area (Å²) in [5, 5.41) is 21.6. The maximum absolute atomic E-state index is 13.2. The van der Waals surface area contributed by atoms with E-state index in [1.54, 1.807) is 0 Å². The molecule has 0 aliphatic rings. The van der Waals surface area contributed by atoms with Crippen molar-refractivity contribution in [1.29, 1.82) is 0 Å². The van der Waals surface area contributed by atoms with E-state index >= 15 is 0 Å². The standard InChI is InChI=1S/C12H10F2N6O3/c13-11(14)7-2-1-3-9(20-12(21)15-17-18-20)8(7)6-23-10-4-5-19(22)16-10/h1-5,11,22H,6H2,(H,15,18,21). The number of tetrazole rings is 1. The molecule has 9 nitrogen and oxygen atoms in total. The molecule has 0 radical (unpaired) electrons. The van der Waals surface area contributed by atoms with Crippen LogP contribution in [0.3, 0.4) is 0 Å². The lowest BCUT2D eigenvalue weighted by atomic mass is 10.1. The van der Waals surface area contributed by atoms with Crippen molar-refractivity contribution in [2.45, 2.75) is 13.0 Å². The Hall–Kier alpha value is -3.24. The lowest BCUT2D eigenvalue weighted by Gasteiger charge is -2.13. The Morgan fingerprint density at radius 3 is 2.78 bits per heavy atom. The van der Waals surface area contributed by atoms with Gasteiger partial charge in [0.1, 0.15) is 6.61 Å². The highest BCUT2D eigenvalue weighted by molar-refractivity contribution is 5.45. The summed E-state index contributed by atoms with van der Waals surface area (Å²) in [6.07, 6.45) is -1.55. The average molecular weight is 324 g/mol. The van der Waals surface area contributed by atoms with Crippen molar-refractivity contribution in [3.05, 3.63) is 52.1 Å². The molecule has 2 N–H and O–H groups in total. The van der Waals surface area contributed by atoms with E-state index < -0.39 is 12.1 Å². The van der Waals surface area contributed by atoms with E-state index in [9.17, 15) is 13.6 Å². The van der Waals surface area contributed by atoms with Crippen molar-refractivity contribution in [3.63, 3.8) is 0 Å². The van der Waals surface area contributed by atoms with Gasteiger partial charge in [-0.3, -0.25) is 0 Å². The summed E-state index contributed by atoms with van der Waals surface area (Å²) in [5.74, 6) is 0.0371. The van der Waals surface area contributed by atoms with Crippen LogP contribution >= 0.6 is 0 Å². The molecule has 3 aromatic rings. The van der Waals surface area contributed by atoms with Gasteiger partial charge in [-0.05, 0) is 16.5 Å². The quantitative estimate of drug-likeness (QED) is 0.675. The minimum Gasteiger partial charge on any atom is -0.472 e. The van der Waals surface area contributed by atoms with Crippen molar-refractivity contribution in [3.8, 4) is 11.6 Å². The summed E-state index contributed by atoms with van der Waals surface area (Å²) in [6, 6.07) is 5.40. The predicted octanol–water partition coefficient (Wildman–Crippen LogP) is 0.906. The van der Waals surface area contributed by atoms with E-state index in [-0.39, 0.29) is 29.3 Å². The molecule has 0 aliphatic carbocycles. The Kier molecular flexibility index (Phi) is 3.75. The van der Waals surface area contributed by atoms with Crippen LogP contribution in [0.5, 0.6) is 5.88 Å². The molecule has 0 unspecified atom stereocenters. The number of benzene rings is 1. The highest BCUT2D eigenvalue weighted by Crippen LogP contribution is 2.27. The first-order valence-corrected chi connectivity index (χ1v) is 6.34. The van der Waals surface area contributed by atoms with Crippen LogP contribution in [0.4, 0.5) is 8.78 Å². The molecule has 120 valence electrons. The largest absolute Gasteiger partial charge is 0.472 e. The van der Waals surface area contributed by atoms with E-state index in [1.165, 1.54) is 30.5 Å². The van der Waals surface area contributed by atoms with Crippen molar-refractivity contribution in [1.82, 2.24) is 30.2 Å². The van der Waals surface area contributed by atoms with E-state index in [4.69, 9.17) is 9.94 Å². The molecule has 11 heteroatoms. The van der Waals surface area contributed by atoms with Gasteiger partial charge in [0.25, 0.3) is 6.43 Å². The first-order valence-electron chi connectivity index (χ1n) is 6.34. The van der Waals surface area contributed by atoms with Gasteiger partial charge in [0.2, 0.25) is 5.88 Å². The molecule has 3 rings (SSSR count). The number of aromatic nitrogens is 6. The average Bonchev–Trinajstić information content (AvgIpc) is 3.13. The number of H-pyrrole nitrogens is 1. The summed E-state index contributed by atoms with van der Waals surface area (Å²) < 4.78 is 32.6. The summed E-state index contributed by atoms with van der Waals surface area (Å²) >= 11 is 0. The molecule has 0 saturated heterocycles. The van der Waals surface area contributed by atoms with Gasteiger partial charge in [0, 0.05) is 17.2 Å². The first-order chi connectivity index (χ1) is 11.1. The van der Waals surface area contributed by atoms with Crippen LogP contribution in [0.25, 0.3) is 5.69 Å². The van der Waals surface area contributed by atoms with Gasteiger partial charge >= 0.3 is 5.69 Å². The molecule has 0 saturated carbocycles. The smallest absolute Gasteiger partial charge is 0.365 e. The van der Waals surface area contributed by atoms with Crippen molar-refractivity contribution in [2.75, 3.05) is 0 Å². The summed E-state index contributed by atoms with van der Waals surface area (Å²) in [7, 11) is 0. The van der Waals surface area contributed by atoms with Crippen molar-refractivity contribution < 1.29 is 18.7 Å². The number of hydrogen-bond acceptors (Lipinski definition) is 6. The van der Waals surface area contributed by atoms with E-state index in [0.29, 0.717) is 4.85 Å². The zero-order chi connectivity index (χ0) is 16.4.